The molecule has 1 aliphatic carbocycles. The minimum absolute atomic E-state index is 0.754. The zero-order valence-electron chi connectivity index (χ0n) is 8.09. The van der Waals surface area contributed by atoms with E-state index in [1.807, 2.05) is 0 Å². The maximum absolute atomic E-state index is 5.28. The fraction of sp³-hybridized carbons (Fsp3) is 1.00. The summed E-state index contributed by atoms with van der Waals surface area (Å²) in [5.41, 5.74) is 6.55. The quantitative estimate of drug-likeness (QED) is 0.450. The highest BCUT2D eigenvalue weighted by molar-refractivity contribution is 4.78. The second-order valence-corrected chi connectivity index (χ2v) is 3.80. The maximum Gasteiger partial charge on any atom is 0.0594 e. The Bertz CT molecular complexity index is 144. The highest BCUT2D eigenvalue weighted by Gasteiger charge is 2.19. The molecule has 4 nitrogen and oxygen atoms in total. The summed E-state index contributed by atoms with van der Waals surface area (Å²) >= 11 is 0. The third-order valence-corrected chi connectivity index (χ3v) is 2.54. The third kappa shape index (κ3) is 3.60. The zero-order valence-corrected chi connectivity index (χ0v) is 8.09. The molecule has 0 aromatic carbocycles. The van der Waals surface area contributed by atoms with Gasteiger partial charge in [-0.25, -0.2) is 0 Å². The fourth-order valence-corrected chi connectivity index (χ4v) is 1.48. The van der Waals surface area contributed by atoms with E-state index in [0.717, 1.165) is 45.4 Å². The van der Waals surface area contributed by atoms with E-state index in [-0.39, 0.29) is 0 Å². The van der Waals surface area contributed by atoms with E-state index in [1.165, 1.54) is 12.8 Å². The van der Waals surface area contributed by atoms with Gasteiger partial charge < -0.3 is 4.74 Å². The first kappa shape index (κ1) is 9.40. The lowest BCUT2D eigenvalue weighted by molar-refractivity contribution is 0.0380. The molecule has 1 heterocycles. The highest BCUT2D eigenvalue weighted by Crippen LogP contribution is 2.17. The minimum atomic E-state index is 0.754. The van der Waals surface area contributed by atoms with Gasteiger partial charge in [0.15, 0.2) is 0 Å². The first-order chi connectivity index (χ1) is 6.45. The van der Waals surface area contributed by atoms with Gasteiger partial charge in [-0.05, 0) is 12.8 Å². The number of hydrogen-bond donors (Lipinski definition) is 2. The van der Waals surface area contributed by atoms with Crippen LogP contribution in [0.3, 0.4) is 0 Å². The van der Waals surface area contributed by atoms with Gasteiger partial charge in [0.05, 0.1) is 13.2 Å². The molecule has 0 aromatic heterocycles. The largest absolute Gasteiger partial charge is 0.379 e. The van der Waals surface area contributed by atoms with Crippen LogP contribution < -0.4 is 10.9 Å². The summed E-state index contributed by atoms with van der Waals surface area (Å²) in [6.07, 6.45) is 2.68. The molecule has 2 N–H and O–H groups in total. The Balaban J connectivity index is 1.46. The fourth-order valence-electron chi connectivity index (χ4n) is 1.48. The number of morpholine rings is 1. The number of ether oxygens (including phenoxy) is 1. The molecule has 1 saturated heterocycles. The van der Waals surface area contributed by atoms with Crippen molar-refractivity contribution >= 4 is 0 Å². The van der Waals surface area contributed by atoms with Crippen molar-refractivity contribution in [1.29, 1.82) is 0 Å². The maximum atomic E-state index is 5.28. The van der Waals surface area contributed by atoms with E-state index in [9.17, 15) is 0 Å². The summed E-state index contributed by atoms with van der Waals surface area (Å²) in [5, 5.41) is 0. The third-order valence-electron chi connectivity index (χ3n) is 2.54. The van der Waals surface area contributed by atoms with Crippen LogP contribution in [-0.4, -0.2) is 50.3 Å². The van der Waals surface area contributed by atoms with Crippen LogP contribution >= 0.6 is 0 Å². The number of hydrazine groups is 1. The smallest absolute Gasteiger partial charge is 0.0594 e. The van der Waals surface area contributed by atoms with Crippen LogP contribution in [0, 0.1) is 0 Å². The van der Waals surface area contributed by atoms with Crippen molar-refractivity contribution in [2.45, 2.75) is 18.9 Å². The number of hydrogen-bond acceptors (Lipinski definition) is 4. The molecular formula is C9H19N3O. The van der Waals surface area contributed by atoms with Gasteiger partial charge in [0, 0.05) is 32.2 Å². The predicted octanol–water partition coefficient (Wildman–Crippen LogP) is -0.425. The van der Waals surface area contributed by atoms with Crippen molar-refractivity contribution in [3.05, 3.63) is 0 Å². The highest BCUT2D eigenvalue weighted by atomic mass is 16.5. The number of rotatable bonds is 5. The SMILES string of the molecule is C(CN1CCOCC1)NNC1CC1. The van der Waals surface area contributed by atoms with E-state index in [0.29, 0.717) is 0 Å². The molecule has 0 unspecified atom stereocenters. The second-order valence-electron chi connectivity index (χ2n) is 3.80. The first-order valence-corrected chi connectivity index (χ1v) is 5.23. The topological polar surface area (TPSA) is 36.5 Å². The Hall–Kier alpha value is -0.160. The van der Waals surface area contributed by atoms with E-state index in [1.54, 1.807) is 0 Å². The summed E-state index contributed by atoms with van der Waals surface area (Å²) < 4.78 is 5.28. The van der Waals surface area contributed by atoms with Crippen LogP contribution in [0.15, 0.2) is 0 Å². The van der Waals surface area contributed by atoms with Gasteiger partial charge in [-0.1, -0.05) is 0 Å². The summed E-state index contributed by atoms with van der Waals surface area (Å²) in [4.78, 5) is 2.44. The Morgan fingerprint density at radius 2 is 2.00 bits per heavy atom. The van der Waals surface area contributed by atoms with Gasteiger partial charge in [0.25, 0.3) is 0 Å². The Morgan fingerprint density at radius 1 is 1.23 bits per heavy atom. The van der Waals surface area contributed by atoms with Crippen LogP contribution in [0.2, 0.25) is 0 Å². The molecule has 2 aliphatic rings. The molecule has 0 spiro atoms. The Morgan fingerprint density at radius 3 is 2.69 bits per heavy atom. The molecule has 0 atom stereocenters. The van der Waals surface area contributed by atoms with Crippen LogP contribution in [0.25, 0.3) is 0 Å². The van der Waals surface area contributed by atoms with E-state index >= 15 is 0 Å². The Labute approximate surface area is 79.6 Å². The predicted molar refractivity (Wildman–Crippen MR) is 51.4 cm³/mol. The molecule has 0 amide bonds. The zero-order chi connectivity index (χ0) is 8.93. The van der Waals surface area contributed by atoms with Crippen molar-refractivity contribution in [2.24, 2.45) is 0 Å². The normalized spacial score (nSPS) is 24.9. The lowest BCUT2D eigenvalue weighted by Gasteiger charge is -2.26. The molecule has 4 heteroatoms. The summed E-state index contributed by atoms with van der Waals surface area (Å²) in [5.74, 6) is 0. The van der Waals surface area contributed by atoms with E-state index in [2.05, 4.69) is 15.8 Å². The average Bonchev–Trinajstić information content (AvgIpc) is 2.98. The van der Waals surface area contributed by atoms with Crippen molar-refractivity contribution in [3.63, 3.8) is 0 Å². The summed E-state index contributed by atoms with van der Waals surface area (Å²) in [6.45, 7) is 6.14. The standard InChI is InChI=1S/C9H19N3O/c1-2-9(1)11-10-3-4-12-5-7-13-8-6-12/h9-11H,1-8H2. The number of nitrogens with zero attached hydrogens (tertiary/aromatic N) is 1. The molecule has 1 aliphatic heterocycles. The second kappa shape index (κ2) is 4.91. The van der Waals surface area contributed by atoms with Crippen molar-refractivity contribution < 1.29 is 4.74 Å². The van der Waals surface area contributed by atoms with Gasteiger partial charge in [-0.2, -0.15) is 0 Å². The van der Waals surface area contributed by atoms with Gasteiger partial charge >= 0.3 is 0 Å². The molecule has 0 bridgehead atoms. The van der Waals surface area contributed by atoms with Crippen LogP contribution in [0.4, 0.5) is 0 Å². The van der Waals surface area contributed by atoms with Gasteiger partial charge in [-0.3, -0.25) is 15.8 Å². The average molecular weight is 185 g/mol. The molecule has 76 valence electrons. The molecule has 0 aromatic rings. The lowest BCUT2D eigenvalue weighted by atomic mass is 10.4. The minimum Gasteiger partial charge on any atom is -0.379 e. The molecule has 2 rings (SSSR count). The van der Waals surface area contributed by atoms with E-state index in [4.69, 9.17) is 4.74 Å². The van der Waals surface area contributed by atoms with E-state index < -0.39 is 0 Å². The first-order valence-electron chi connectivity index (χ1n) is 5.23. The van der Waals surface area contributed by atoms with Gasteiger partial charge in [0.2, 0.25) is 0 Å². The molecular weight excluding hydrogens is 166 g/mol. The molecule has 2 fully saturated rings. The monoisotopic (exact) mass is 185 g/mol. The van der Waals surface area contributed by atoms with Crippen LogP contribution in [-0.2, 0) is 4.74 Å². The van der Waals surface area contributed by atoms with Crippen LogP contribution in [0.5, 0.6) is 0 Å². The van der Waals surface area contributed by atoms with Crippen molar-refractivity contribution in [3.8, 4) is 0 Å². The van der Waals surface area contributed by atoms with Gasteiger partial charge in [0.1, 0.15) is 0 Å². The molecule has 0 radical (unpaired) electrons. The summed E-state index contributed by atoms with van der Waals surface area (Å²) in [6, 6.07) is 0.754. The molecule has 13 heavy (non-hydrogen) atoms. The molecule has 1 saturated carbocycles. The van der Waals surface area contributed by atoms with Crippen molar-refractivity contribution in [1.82, 2.24) is 15.8 Å². The summed E-state index contributed by atoms with van der Waals surface area (Å²) in [7, 11) is 0. The number of nitrogens with one attached hydrogen (secondary N) is 2. The Kier molecular flexibility index (Phi) is 3.55. The van der Waals surface area contributed by atoms with Gasteiger partial charge in [-0.15, -0.1) is 0 Å². The lowest BCUT2D eigenvalue weighted by Crippen LogP contribution is -2.43. The van der Waals surface area contributed by atoms with Crippen LogP contribution in [0.1, 0.15) is 12.8 Å². The van der Waals surface area contributed by atoms with Crippen molar-refractivity contribution in [2.75, 3.05) is 39.4 Å².